The molecule has 4 nitrogen and oxygen atoms in total. The predicted octanol–water partition coefficient (Wildman–Crippen LogP) is 2.88. The Balaban J connectivity index is 2.07. The molecule has 0 aliphatic carbocycles. The monoisotopic (exact) mass is 283 g/mol. The Morgan fingerprint density at radius 3 is 2.71 bits per heavy atom. The zero-order valence-electron chi connectivity index (χ0n) is 11.4. The van der Waals surface area contributed by atoms with Gasteiger partial charge in [0, 0.05) is 24.5 Å². The van der Waals surface area contributed by atoms with Crippen LogP contribution >= 0.6 is 0 Å². The normalized spacial score (nSPS) is 10.9. The Morgan fingerprint density at radius 2 is 2.00 bits per heavy atom. The summed E-state index contributed by atoms with van der Waals surface area (Å²) in [5, 5.41) is 4.36. The van der Waals surface area contributed by atoms with Gasteiger partial charge >= 0.3 is 0 Å². The van der Waals surface area contributed by atoms with Crippen molar-refractivity contribution in [1.82, 2.24) is 14.2 Å². The van der Waals surface area contributed by atoms with Gasteiger partial charge in [0.2, 0.25) is 0 Å². The van der Waals surface area contributed by atoms with Gasteiger partial charge in [-0.15, -0.1) is 6.58 Å². The van der Waals surface area contributed by atoms with Crippen molar-refractivity contribution in [2.45, 2.75) is 13.0 Å². The van der Waals surface area contributed by atoms with E-state index >= 15 is 0 Å². The summed E-state index contributed by atoms with van der Waals surface area (Å²) in [5.74, 6) is -0.297. The summed E-state index contributed by atoms with van der Waals surface area (Å²) in [6.07, 6.45) is 5.96. The maximum Gasteiger partial charge on any atom is 0.276 e. The summed E-state index contributed by atoms with van der Waals surface area (Å²) >= 11 is 0. The van der Waals surface area contributed by atoms with Gasteiger partial charge in [0.15, 0.2) is 0 Å². The van der Waals surface area contributed by atoms with Crippen molar-refractivity contribution in [2.24, 2.45) is 0 Å². The Labute approximate surface area is 120 Å². The first-order valence-electron chi connectivity index (χ1n) is 6.65. The molecule has 0 bridgehead atoms. The first kappa shape index (κ1) is 13.3. The van der Waals surface area contributed by atoms with Crippen LogP contribution in [0.4, 0.5) is 4.39 Å². The highest BCUT2D eigenvalue weighted by Gasteiger charge is 2.09. The third-order valence-electron chi connectivity index (χ3n) is 3.32. The molecule has 0 aliphatic heterocycles. The molecule has 0 unspecified atom stereocenters. The Kier molecular flexibility index (Phi) is 3.39. The molecule has 0 radical (unpaired) electrons. The standard InChI is InChI=1S/C16H14FN3O/c1-2-3-8-19-9-10-20-15(16(19)21)11-14(18-20)12-4-6-13(17)7-5-12/h2,4-7,9-11H,1,3,8H2. The molecule has 0 saturated heterocycles. The van der Waals surface area contributed by atoms with Crippen LogP contribution in [0.3, 0.4) is 0 Å². The largest absolute Gasteiger partial charge is 0.312 e. The van der Waals surface area contributed by atoms with Gasteiger partial charge in [-0.1, -0.05) is 6.08 Å². The van der Waals surface area contributed by atoms with Crippen LogP contribution in [0.2, 0.25) is 0 Å². The summed E-state index contributed by atoms with van der Waals surface area (Å²) in [6, 6.07) is 7.77. The molecule has 0 fully saturated rings. The van der Waals surface area contributed by atoms with Crippen LogP contribution in [0.25, 0.3) is 16.8 Å². The smallest absolute Gasteiger partial charge is 0.276 e. The van der Waals surface area contributed by atoms with E-state index in [-0.39, 0.29) is 11.4 Å². The van der Waals surface area contributed by atoms with Gasteiger partial charge < -0.3 is 4.57 Å². The molecule has 0 amide bonds. The molecule has 5 heteroatoms. The van der Waals surface area contributed by atoms with Crippen molar-refractivity contribution in [3.8, 4) is 11.3 Å². The fourth-order valence-corrected chi connectivity index (χ4v) is 2.19. The average molecular weight is 283 g/mol. The van der Waals surface area contributed by atoms with Crippen LogP contribution in [-0.4, -0.2) is 14.2 Å². The lowest BCUT2D eigenvalue weighted by Crippen LogP contribution is -2.21. The summed E-state index contributed by atoms with van der Waals surface area (Å²) in [5.41, 5.74) is 1.83. The second-order valence-corrected chi connectivity index (χ2v) is 4.74. The van der Waals surface area contributed by atoms with Gasteiger partial charge in [-0.25, -0.2) is 8.91 Å². The number of halogens is 1. The van der Waals surface area contributed by atoms with E-state index in [1.165, 1.54) is 12.1 Å². The minimum Gasteiger partial charge on any atom is -0.312 e. The highest BCUT2D eigenvalue weighted by atomic mass is 19.1. The Hall–Kier alpha value is -2.69. The van der Waals surface area contributed by atoms with Crippen LogP contribution < -0.4 is 5.56 Å². The summed E-state index contributed by atoms with van der Waals surface area (Å²) < 4.78 is 16.1. The minimum atomic E-state index is -0.297. The highest BCUT2D eigenvalue weighted by Crippen LogP contribution is 2.18. The van der Waals surface area contributed by atoms with Crippen molar-refractivity contribution in [3.63, 3.8) is 0 Å². The van der Waals surface area contributed by atoms with Crippen molar-refractivity contribution in [1.29, 1.82) is 0 Å². The van der Waals surface area contributed by atoms with Crippen LogP contribution in [0.15, 0.2) is 60.2 Å². The lowest BCUT2D eigenvalue weighted by Gasteiger charge is -2.02. The maximum atomic E-state index is 13.0. The van der Waals surface area contributed by atoms with Crippen molar-refractivity contribution in [3.05, 3.63) is 71.6 Å². The van der Waals surface area contributed by atoms with E-state index in [1.807, 2.05) is 0 Å². The molecular formula is C16H14FN3O. The number of aromatic nitrogens is 3. The molecule has 3 aromatic rings. The molecule has 0 aliphatic rings. The van der Waals surface area contributed by atoms with E-state index in [2.05, 4.69) is 11.7 Å². The molecule has 106 valence electrons. The molecule has 21 heavy (non-hydrogen) atoms. The number of hydrogen-bond donors (Lipinski definition) is 0. The van der Waals surface area contributed by atoms with E-state index in [0.29, 0.717) is 17.8 Å². The van der Waals surface area contributed by atoms with Gasteiger partial charge in [-0.2, -0.15) is 5.10 Å². The quantitative estimate of drug-likeness (QED) is 0.691. The molecule has 0 saturated carbocycles. The third-order valence-corrected chi connectivity index (χ3v) is 3.32. The second kappa shape index (κ2) is 5.36. The van der Waals surface area contributed by atoms with Crippen LogP contribution in [-0.2, 0) is 6.54 Å². The van der Waals surface area contributed by atoms with E-state index in [0.717, 1.165) is 12.0 Å². The fourth-order valence-electron chi connectivity index (χ4n) is 2.19. The van der Waals surface area contributed by atoms with Gasteiger partial charge in [-0.3, -0.25) is 4.79 Å². The van der Waals surface area contributed by atoms with Gasteiger partial charge in [0.25, 0.3) is 5.56 Å². The van der Waals surface area contributed by atoms with E-state index in [4.69, 9.17) is 0 Å². The van der Waals surface area contributed by atoms with Crippen LogP contribution in [0, 0.1) is 5.82 Å². The van der Waals surface area contributed by atoms with Gasteiger partial charge in [-0.05, 0) is 36.8 Å². The SMILES string of the molecule is C=CCCn1ccn2nc(-c3ccc(F)cc3)cc2c1=O. The number of fused-ring (bicyclic) bond motifs is 1. The van der Waals surface area contributed by atoms with Crippen molar-refractivity contribution in [2.75, 3.05) is 0 Å². The molecule has 2 heterocycles. The molecule has 2 aromatic heterocycles. The zero-order valence-corrected chi connectivity index (χ0v) is 11.4. The lowest BCUT2D eigenvalue weighted by atomic mass is 10.1. The highest BCUT2D eigenvalue weighted by molar-refractivity contribution is 5.65. The number of nitrogens with zero attached hydrogens (tertiary/aromatic N) is 3. The predicted molar refractivity (Wildman–Crippen MR) is 79.7 cm³/mol. The first-order valence-corrected chi connectivity index (χ1v) is 6.65. The average Bonchev–Trinajstić information content (AvgIpc) is 2.92. The van der Waals surface area contributed by atoms with Crippen LogP contribution in [0.1, 0.15) is 6.42 Å². The minimum absolute atomic E-state index is 0.0970. The Morgan fingerprint density at radius 1 is 1.24 bits per heavy atom. The molecule has 1 aromatic carbocycles. The number of aryl methyl sites for hydroxylation is 1. The fraction of sp³-hybridized carbons (Fsp3) is 0.125. The molecule has 0 spiro atoms. The molecule has 0 N–H and O–H groups in total. The number of rotatable bonds is 4. The van der Waals surface area contributed by atoms with Crippen molar-refractivity contribution < 1.29 is 4.39 Å². The summed E-state index contributed by atoms with van der Waals surface area (Å²) in [6.45, 7) is 4.25. The van der Waals surface area contributed by atoms with E-state index in [1.54, 1.807) is 45.8 Å². The number of hydrogen-bond acceptors (Lipinski definition) is 2. The van der Waals surface area contributed by atoms with Gasteiger partial charge in [0.05, 0.1) is 5.69 Å². The number of benzene rings is 1. The van der Waals surface area contributed by atoms with Crippen LogP contribution in [0.5, 0.6) is 0 Å². The van der Waals surface area contributed by atoms with Gasteiger partial charge in [0.1, 0.15) is 11.3 Å². The van der Waals surface area contributed by atoms with E-state index < -0.39 is 0 Å². The molecule has 3 rings (SSSR count). The Bertz CT molecular complexity index is 846. The zero-order chi connectivity index (χ0) is 14.8. The lowest BCUT2D eigenvalue weighted by molar-refractivity contribution is 0.628. The van der Waals surface area contributed by atoms with E-state index in [9.17, 15) is 9.18 Å². The third kappa shape index (κ3) is 2.50. The van der Waals surface area contributed by atoms with Crippen molar-refractivity contribution >= 4 is 5.52 Å². The summed E-state index contributed by atoms with van der Waals surface area (Å²) in [4.78, 5) is 12.3. The topological polar surface area (TPSA) is 39.3 Å². The first-order chi connectivity index (χ1) is 10.2. The second-order valence-electron chi connectivity index (χ2n) is 4.74. The summed E-state index contributed by atoms with van der Waals surface area (Å²) in [7, 11) is 0. The molecular weight excluding hydrogens is 269 g/mol. The maximum absolute atomic E-state index is 13.0. The number of allylic oxidation sites excluding steroid dienone is 1. The molecule has 0 atom stereocenters.